The van der Waals surface area contributed by atoms with E-state index < -0.39 is 5.79 Å². The fourth-order valence-electron chi connectivity index (χ4n) is 1.87. The Kier molecular flexibility index (Phi) is 1.72. The maximum Gasteiger partial charge on any atom is 0.175 e. The summed E-state index contributed by atoms with van der Waals surface area (Å²) < 4.78 is 5.07. The molecular weight excluding hydrogens is 164 g/mol. The van der Waals surface area contributed by atoms with Gasteiger partial charge in [0.25, 0.3) is 0 Å². The van der Waals surface area contributed by atoms with Crippen molar-refractivity contribution in [2.45, 2.75) is 24.5 Å². The van der Waals surface area contributed by atoms with Gasteiger partial charge in [-0.05, 0) is 5.56 Å². The van der Waals surface area contributed by atoms with Crippen LogP contribution in [0.1, 0.15) is 18.9 Å². The van der Waals surface area contributed by atoms with Crippen molar-refractivity contribution in [1.82, 2.24) is 0 Å². The number of hydrogen-bond acceptors (Lipinski definition) is 2. The Hall–Kier alpha value is -0.860. The van der Waals surface area contributed by atoms with E-state index in [2.05, 4.69) is 0 Å². The first kappa shape index (κ1) is 8.73. The Morgan fingerprint density at radius 1 is 1.31 bits per heavy atom. The van der Waals surface area contributed by atoms with Crippen molar-refractivity contribution in [1.29, 1.82) is 0 Å². The SMILES string of the molecule is COC1(O)CC1(C)c1ccccc1. The van der Waals surface area contributed by atoms with E-state index in [1.54, 1.807) is 7.11 Å². The molecule has 1 fully saturated rings. The Morgan fingerprint density at radius 3 is 2.38 bits per heavy atom. The molecule has 2 heteroatoms. The zero-order valence-corrected chi connectivity index (χ0v) is 7.95. The highest BCUT2D eigenvalue weighted by Gasteiger charge is 2.65. The molecule has 0 saturated heterocycles. The highest BCUT2D eigenvalue weighted by molar-refractivity contribution is 5.36. The van der Waals surface area contributed by atoms with Crippen LogP contribution < -0.4 is 0 Å². The summed E-state index contributed by atoms with van der Waals surface area (Å²) in [7, 11) is 1.55. The largest absolute Gasteiger partial charge is 0.365 e. The van der Waals surface area contributed by atoms with Gasteiger partial charge in [-0.1, -0.05) is 37.3 Å². The molecular formula is C11H14O2. The lowest BCUT2D eigenvalue weighted by Gasteiger charge is -2.16. The molecule has 2 atom stereocenters. The second kappa shape index (κ2) is 2.56. The van der Waals surface area contributed by atoms with E-state index in [0.29, 0.717) is 6.42 Å². The van der Waals surface area contributed by atoms with Gasteiger partial charge in [-0.3, -0.25) is 0 Å². The average molecular weight is 178 g/mol. The quantitative estimate of drug-likeness (QED) is 0.698. The van der Waals surface area contributed by atoms with Crippen LogP contribution in [0, 0.1) is 0 Å². The second-order valence-electron chi connectivity index (χ2n) is 3.86. The third kappa shape index (κ3) is 1.10. The van der Waals surface area contributed by atoms with E-state index >= 15 is 0 Å². The Balaban J connectivity index is 2.30. The van der Waals surface area contributed by atoms with Gasteiger partial charge in [0.2, 0.25) is 0 Å². The summed E-state index contributed by atoms with van der Waals surface area (Å²) in [5.74, 6) is -0.950. The van der Waals surface area contributed by atoms with Crippen LogP contribution in [0.15, 0.2) is 30.3 Å². The van der Waals surface area contributed by atoms with E-state index in [0.717, 1.165) is 5.56 Å². The molecule has 70 valence electrons. The molecule has 1 aliphatic rings. The van der Waals surface area contributed by atoms with Crippen molar-refractivity contribution in [3.05, 3.63) is 35.9 Å². The fraction of sp³-hybridized carbons (Fsp3) is 0.455. The van der Waals surface area contributed by atoms with E-state index in [9.17, 15) is 5.11 Å². The molecule has 2 unspecified atom stereocenters. The molecule has 0 radical (unpaired) electrons. The van der Waals surface area contributed by atoms with Gasteiger partial charge in [0.05, 0.1) is 5.41 Å². The van der Waals surface area contributed by atoms with Gasteiger partial charge in [0.1, 0.15) is 0 Å². The molecule has 1 N–H and O–H groups in total. The summed E-state index contributed by atoms with van der Waals surface area (Å²) in [5.41, 5.74) is 0.919. The van der Waals surface area contributed by atoms with Crippen molar-refractivity contribution in [3.63, 3.8) is 0 Å². The molecule has 2 rings (SSSR count). The molecule has 0 aromatic heterocycles. The zero-order valence-electron chi connectivity index (χ0n) is 7.95. The van der Waals surface area contributed by atoms with Gasteiger partial charge in [0, 0.05) is 13.5 Å². The lowest BCUT2D eigenvalue weighted by molar-refractivity contribution is -0.117. The van der Waals surface area contributed by atoms with Crippen molar-refractivity contribution in [2.75, 3.05) is 7.11 Å². The van der Waals surface area contributed by atoms with Gasteiger partial charge >= 0.3 is 0 Å². The van der Waals surface area contributed by atoms with Gasteiger partial charge in [0.15, 0.2) is 5.79 Å². The Labute approximate surface area is 78.2 Å². The minimum Gasteiger partial charge on any atom is -0.365 e. The van der Waals surface area contributed by atoms with Crippen LogP contribution >= 0.6 is 0 Å². The average Bonchev–Trinajstić information content (AvgIpc) is 2.74. The van der Waals surface area contributed by atoms with Crippen molar-refractivity contribution >= 4 is 0 Å². The molecule has 1 aromatic carbocycles. The summed E-state index contributed by atoms with van der Waals surface area (Å²) in [4.78, 5) is 0. The molecule has 2 nitrogen and oxygen atoms in total. The maximum absolute atomic E-state index is 9.89. The van der Waals surface area contributed by atoms with Crippen LogP contribution in [0.5, 0.6) is 0 Å². The summed E-state index contributed by atoms with van der Waals surface area (Å²) in [6.07, 6.45) is 0.681. The first-order valence-electron chi connectivity index (χ1n) is 4.45. The van der Waals surface area contributed by atoms with Gasteiger partial charge in [-0.25, -0.2) is 0 Å². The second-order valence-corrected chi connectivity index (χ2v) is 3.86. The van der Waals surface area contributed by atoms with Gasteiger partial charge in [-0.15, -0.1) is 0 Å². The topological polar surface area (TPSA) is 29.5 Å². The van der Waals surface area contributed by atoms with E-state index in [-0.39, 0.29) is 5.41 Å². The first-order valence-corrected chi connectivity index (χ1v) is 4.45. The van der Waals surface area contributed by atoms with Crippen LogP contribution in [-0.4, -0.2) is 18.0 Å². The molecule has 1 saturated carbocycles. The highest BCUT2D eigenvalue weighted by Crippen LogP contribution is 2.57. The standard InChI is InChI=1S/C11H14O2/c1-10(8-11(10,12)13-2)9-6-4-3-5-7-9/h3-7,12H,8H2,1-2H3. The normalized spacial score (nSPS) is 37.5. The smallest absolute Gasteiger partial charge is 0.175 e. The monoisotopic (exact) mass is 178 g/mol. The van der Waals surface area contributed by atoms with E-state index in [1.165, 1.54) is 0 Å². The summed E-state index contributed by atoms with van der Waals surface area (Å²) in [6.45, 7) is 2.02. The summed E-state index contributed by atoms with van der Waals surface area (Å²) >= 11 is 0. The Morgan fingerprint density at radius 2 is 1.92 bits per heavy atom. The third-order valence-electron chi connectivity index (χ3n) is 3.08. The number of ether oxygens (including phenoxy) is 1. The van der Waals surface area contributed by atoms with Crippen molar-refractivity contribution in [3.8, 4) is 0 Å². The number of aliphatic hydroxyl groups is 1. The maximum atomic E-state index is 9.89. The predicted molar refractivity (Wildman–Crippen MR) is 50.4 cm³/mol. The van der Waals surface area contributed by atoms with E-state index in [4.69, 9.17) is 4.74 Å². The Bertz CT molecular complexity index is 309. The van der Waals surface area contributed by atoms with E-state index in [1.807, 2.05) is 37.3 Å². The number of benzene rings is 1. The summed E-state index contributed by atoms with van der Waals surface area (Å²) in [6, 6.07) is 9.99. The lowest BCUT2D eigenvalue weighted by atomic mass is 9.97. The zero-order chi connectivity index (χ0) is 9.53. The third-order valence-corrected chi connectivity index (χ3v) is 3.08. The summed E-state index contributed by atoms with van der Waals surface area (Å²) in [5, 5.41) is 9.89. The molecule has 0 amide bonds. The highest BCUT2D eigenvalue weighted by atomic mass is 16.6. The molecule has 0 bridgehead atoms. The molecule has 0 aliphatic heterocycles. The molecule has 13 heavy (non-hydrogen) atoms. The predicted octanol–water partition coefficient (Wildman–Crippen LogP) is 1.68. The van der Waals surface area contributed by atoms with Crippen LogP contribution in [0.25, 0.3) is 0 Å². The number of rotatable bonds is 2. The van der Waals surface area contributed by atoms with Crippen LogP contribution in [-0.2, 0) is 10.2 Å². The molecule has 1 aromatic rings. The molecule has 0 spiro atoms. The van der Waals surface area contributed by atoms with Crippen LogP contribution in [0.4, 0.5) is 0 Å². The first-order chi connectivity index (χ1) is 6.12. The minimum atomic E-state index is -0.950. The molecule has 1 aliphatic carbocycles. The number of hydrogen-bond donors (Lipinski definition) is 1. The number of methoxy groups -OCH3 is 1. The van der Waals surface area contributed by atoms with Gasteiger partial charge in [-0.2, -0.15) is 0 Å². The van der Waals surface area contributed by atoms with Gasteiger partial charge < -0.3 is 9.84 Å². The fourth-order valence-corrected chi connectivity index (χ4v) is 1.87. The van der Waals surface area contributed by atoms with Crippen LogP contribution in [0.3, 0.4) is 0 Å². The molecule has 0 heterocycles. The van der Waals surface area contributed by atoms with Crippen molar-refractivity contribution in [2.24, 2.45) is 0 Å². The van der Waals surface area contributed by atoms with Crippen molar-refractivity contribution < 1.29 is 9.84 Å². The van der Waals surface area contributed by atoms with Crippen LogP contribution in [0.2, 0.25) is 0 Å². The minimum absolute atomic E-state index is 0.219. The lowest BCUT2D eigenvalue weighted by Crippen LogP contribution is -2.22.